The number of nitrogens with one attached hydrogen (secondary N) is 1. The summed E-state index contributed by atoms with van der Waals surface area (Å²) in [6.45, 7) is 4.98. The number of hydrogen-bond acceptors (Lipinski definition) is 6. The summed E-state index contributed by atoms with van der Waals surface area (Å²) in [6, 6.07) is 9.42. The van der Waals surface area contributed by atoms with E-state index in [1.807, 2.05) is 30.5 Å². The van der Waals surface area contributed by atoms with E-state index in [4.69, 9.17) is 10.8 Å². The molecule has 3 aromatic rings. The van der Waals surface area contributed by atoms with Crippen molar-refractivity contribution in [3.05, 3.63) is 48.3 Å². The number of nitrogens with two attached hydrogens (primary N) is 1. The van der Waals surface area contributed by atoms with Gasteiger partial charge in [-0.25, -0.2) is 20.1 Å². The number of urea groups is 1. The molecule has 0 saturated carbocycles. The molecule has 1 aromatic carbocycles. The monoisotopic (exact) mass is 436 g/mol. The molecule has 10 nitrogen and oxygen atoms in total. The first kappa shape index (κ1) is 21.7. The summed E-state index contributed by atoms with van der Waals surface area (Å²) in [5.74, 6) is 6.93. The Morgan fingerprint density at radius 2 is 2.06 bits per heavy atom. The number of aliphatic hydroxyl groups excluding tert-OH is 1. The summed E-state index contributed by atoms with van der Waals surface area (Å²) in [5.41, 5.74) is 5.91. The van der Waals surface area contributed by atoms with Crippen molar-refractivity contribution in [1.82, 2.24) is 24.9 Å². The van der Waals surface area contributed by atoms with Crippen molar-refractivity contribution in [2.24, 2.45) is 16.8 Å². The average Bonchev–Trinajstić information content (AvgIpc) is 3.36. The highest BCUT2D eigenvalue weighted by Crippen LogP contribution is 2.30. The second kappa shape index (κ2) is 8.93. The Balaban J connectivity index is 1.72. The summed E-state index contributed by atoms with van der Waals surface area (Å²) >= 11 is 0. The van der Waals surface area contributed by atoms with Crippen LogP contribution in [0.5, 0.6) is 0 Å². The molecule has 10 heteroatoms. The zero-order chi connectivity index (χ0) is 22.8. The molecule has 0 aliphatic carbocycles. The minimum atomic E-state index is -0.138. The molecule has 3 heterocycles. The van der Waals surface area contributed by atoms with Crippen molar-refractivity contribution >= 4 is 23.3 Å². The van der Waals surface area contributed by atoms with Crippen LogP contribution in [0.1, 0.15) is 19.4 Å². The van der Waals surface area contributed by atoms with Gasteiger partial charge in [0.25, 0.3) is 0 Å². The lowest BCUT2D eigenvalue weighted by atomic mass is 10.0. The topological polar surface area (TPSA) is 124 Å². The van der Waals surface area contributed by atoms with Gasteiger partial charge in [-0.3, -0.25) is 9.89 Å². The number of carbonyl (C=O) groups excluding carboxylic acids is 1. The zero-order valence-corrected chi connectivity index (χ0v) is 18.4. The standard InChI is InChI=1S/C22H28N8O2/c1-14(2)18-13-28(10-11-31)22(32)30(18)19-8-9-29-21(26-19)17(12-25-29)15-4-6-16(7-5-15)20(24-3)27-23/h4-9,12,14,18,31H,10-11,13,23H2,1-3H3,(H,24,27)/t18-/m1/s1. The van der Waals surface area contributed by atoms with Gasteiger partial charge in [-0.15, -0.1) is 0 Å². The van der Waals surface area contributed by atoms with Crippen LogP contribution in [0.2, 0.25) is 0 Å². The Morgan fingerprint density at radius 3 is 2.69 bits per heavy atom. The van der Waals surface area contributed by atoms with Crippen LogP contribution >= 0.6 is 0 Å². The van der Waals surface area contributed by atoms with E-state index in [0.29, 0.717) is 30.4 Å². The number of aliphatic hydroxyl groups is 1. The Hall–Kier alpha value is -3.50. The van der Waals surface area contributed by atoms with Crippen LogP contribution in [0.4, 0.5) is 10.6 Å². The second-order valence-corrected chi connectivity index (χ2v) is 8.04. The molecule has 0 radical (unpaired) electrons. The van der Waals surface area contributed by atoms with E-state index >= 15 is 0 Å². The average molecular weight is 437 g/mol. The number of benzene rings is 1. The molecule has 1 aliphatic rings. The highest BCUT2D eigenvalue weighted by atomic mass is 16.3. The number of amides is 2. The van der Waals surface area contributed by atoms with Gasteiger partial charge >= 0.3 is 6.03 Å². The highest BCUT2D eigenvalue weighted by molar-refractivity contribution is 5.99. The van der Waals surface area contributed by atoms with E-state index in [1.54, 1.807) is 33.6 Å². The van der Waals surface area contributed by atoms with Crippen molar-refractivity contribution in [3.63, 3.8) is 0 Å². The summed E-state index contributed by atoms with van der Waals surface area (Å²) in [4.78, 5) is 25.4. The lowest BCUT2D eigenvalue weighted by molar-refractivity contribution is 0.198. The first-order chi connectivity index (χ1) is 15.5. The number of nitrogens with zero attached hydrogens (tertiary/aromatic N) is 6. The number of rotatable bonds is 6. The lowest BCUT2D eigenvalue weighted by Crippen LogP contribution is -2.38. The third-order valence-electron chi connectivity index (χ3n) is 5.79. The van der Waals surface area contributed by atoms with Gasteiger partial charge in [0.1, 0.15) is 11.7 Å². The Morgan fingerprint density at radius 1 is 1.31 bits per heavy atom. The van der Waals surface area contributed by atoms with Crippen LogP contribution in [0.15, 0.2) is 47.7 Å². The highest BCUT2D eigenvalue weighted by Gasteiger charge is 2.40. The fourth-order valence-electron chi connectivity index (χ4n) is 4.05. The number of amidine groups is 1. The van der Waals surface area contributed by atoms with Gasteiger partial charge in [-0.1, -0.05) is 38.1 Å². The molecule has 1 aliphatic heterocycles. The molecular formula is C22H28N8O2. The maximum Gasteiger partial charge on any atom is 0.326 e. The molecule has 2 amide bonds. The van der Waals surface area contributed by atoms with Crippen molar-refractivity contribution in [2.75, 3.05) is 31.6 Å². The predicted octanol–water partition coefficient (Wildman–Crippen LogP) is 1.49. The van der Waals surface area contributed by atoms with Crippen LogP contribution in [0, 0.1) is 5.92 Å². The smallest absolute Gasteiger partial charge is 0.326 e. The largest absolute Gasteiger partial charge is 0.395 e. The number of aromatic nitrogens is 3. The second-order valence-electron chi connectivity index (χ2n) is 8.04. The van der Waals surface area contributed by atoms with E-state index in [0.717, 1.165) is 16.7 Å². The maximum atomic E-state index is 13.0. The van der Waals surface area contributed by atoms with Gasteiger partial charge < -0.3 is 15.4 Å². The van der Waals surface area contributed by atoms with E-state index in [2.05, 4.69) is 29.4 Å². The lowest BCUT2D eigenvalue weighted by Gasteiger charge is -2.25. The number of anilines is 1. The van der Waals surface area contributed by atoms with Crippen molar-refractivity contribution < 1.29 is 9.90 Å². The minimum absolute atomic E-state index is 0.0230. The molecule has 32 heavy (non-hydrogen) atoms. The molecule has 1 atom stereocenters. The van der Waals surface area contributed by atoms with Crippen LogP contribution in [0.25, 0.3) is 16.8 Å². The van der Waals surface area contributed by atoms with Gasteiger partial charge in [-0.05, 0) is 17.5 Å². The molecule has 4 N–H and O–H groups in total. The van der Waals surface area contributed by atoms with E-state index in [9.17, 15) is 9.90 Å². The normalized spacial score (nSPS) is 17.1. The Bertz CT molecular complexity index is 1140. The van der Waals surface area contributed by atoms with Gasteiger partial charge in [0.15, 0.2) is 5.65 Å². The number of aliphatic imine (C=N–C) groups is 1. The minimum Gasteiger partial charge on any atom is -0.395 e. The molecular weight excluding hydrogens is 408 g/mol. The number of hydrazine groups is 1. The fraction of sp³-hybridized carbons (Fsp3) is 0.364. The number of hydrogen-bond donors (Lipinski definition) is 3. The fourth-order valence-corrected chi connectivity index (χ4v) is 4.05. The Labute approximate surface area is 186 Å². The molecule has 0 bridgehead atoms. The first-order valence-corrected chi connectivity index (χ1v) is 10.6. The van der Waals surface area contributed by atoms with E-state index in [-0.39, 0.29) is 24.6 Å². The maximum absolute atomic E-state index is 13.0. The van der Waals surface area contributed by atoms with Crippen molar-refractivity contribution in [3.8, 4) is 11.1 Å². The third kappa shape index (κ3) is 3.78. The Kier molecular flexibility index (Phi) is 6.06. The van der Waals surface area contributed by atoms with Crippen LogP contribution in [0.3, 0.4) is 0 Å². The van der Waals surface area contributed by atoms with Gasteiger partial charge in [0.05, 0.1) is 18.8 Å². The summed E-state index contributed by atoms with van der Waals surface area (Å²) in [7, 11) is 1.67. The van der Waals surface area contributed by atoms with E-state index in [1.165, 1.54) is 0 Å². The quantitative estimate of drug-likeness (QED) is 0.233. The number of fused-ring (bicyclic) bond motifs is 1. The SMILES string of the molecule is CN=C(NN)c1ccc(-c2cnn3ccc(N4C(=O)N(CCO)C[C@@H]4C(C)C)nc23)cc1. The van der Waals surface area contributed by atoms with E-state index < -0.39 is 0 Å². The third-order valence-corrected chi connectivity index (χ3v) is 5.79. The predicted molar refractivity (Wildman–Crippen MR) is 123 cm³/mol. The summed E-state index contributed by atoms with van der Waals surface area (Å²) in [6.07, 6.45) is 3.58. The summed E-state index contributed by atoms with van der Waals surface area (Å²) in [5, 5.41) is 13.8. The zero-order valence-electron chi connectivity index (χ0n) is 18.4. The van der Waals surface area contributed by atoms with Crippen molar-refractivity contribution in [1.29, 1.82) is 0 Å². The molecule has 2 aromatic heterocycles. The van der Waals surface area contributed by atoms with Crippen molar-refractivity contribution in [2.45, 2.75) is 19.9 Å². The van der Waals surface area contributed by atoms with Crippen LogP contribution in [-0.4, -0.2) is 69.3 Å². The number of β-amino-alcohol motifs (C(OH)–C–C–N with tert-alkyl or cyclic N) is 1. The van der Waals surface area contributed by atoms with Gasteiger partial charge in [0, 0.05) is 37.5 Å². The van der Waals surface area contributed by atoms with Gasteiger partial charge in [-0.2, -0.15) is 5.10 Å². The van der Waals surface area contributed by atoms with Crippen LogP contribution in [-0.2, 0) is 0 Å². The summed E-state index contributed by atoms with van der Waals surface area (Å²) < 4.78 is 1.70. The van der Waals surface area contributed by atoms with Crippen LogP contribution < -0.4 is 16.2 Å². The number of carbonyl (C=O) groups is 1. The van der Waals surface area contributed by atoms with Gasteiger partial charge in [0.2, 0.25) is 0 Å². The molecule has 4 rings (SSSR count). The molecule has 0 spiro atoms. The first-order valence-electron chi connectivity index (χ1n) is 10.6. The molecule has 168 valence electrons. The molecule has 0 unspecified atom stereocenters. The molecule has 1 fully saturated rings. The molecule has 1 saturated heterocycles.